The van der Waals surface area contributed by atoms with Crippen LogP contribution in [0.1, 0.15) is 11.8 Å². The first-order valence-electron chi connectivity index (χ1n) is 8.22. The Morgan fingerprint density at radius 3 is 2.68 bits per heavy atom. The highest BCUT2D eigenvalue weighted by atomic mass is 32.1. The van der Waals surface area contributed by atoms with E-state index in [-0.39, 0.29) is 24.2 Å². The molecule has 1 atom stereocenters. The van der Waals surface area contributed by atoms with Crippen LogP contribution in [0.25, 0.3) is 11.3 Å². The zero-order chi connectivity index (χ0) is 17.8. The number of hydrogen-bond donors (Lipinski definition) is 2. The molecule has 1 aromatic carbocycles. The van der Waals surface area contributed by atoms with E-state index in [1.165, 1.54) is 18.4 Å². The second-order valence-corrected chi connectivity index (χ2v) is 7.19. The molecular formula is C18H21N3O3S. The fraction of sp³-hybridized carbons (Fsp3) is 0.389. The van der Waals surface area contributed by atoms with Gasteiger partial charge in [0.15, 0.2) is 5.13 Å². The van der Waals surface area contributed by atoms with Crippen molar-refractivity contribution in [3.63, 3.8) is 0 Å². The molecule has 6 nitrogen and oxygen atoms in total. The van der Waals surface area contributed by atoms with E-state index in [9.17, 15) is 9.59 Å². The van der Waals surface area contributed by atoms with Gasteiger partial charge < -0.3 is 15.4 Å². The molecule has 132 valence electrons. The fourth-order valence-corrected chi connectivity index (χ4v) is 3.62. The van der Waals surface area contributed by atoms with Gasteiger partial charge in [0.1, 0.15) is 0 Å². The number of nitrogens with one attached hydrogen (secondary N) is 2. The topological polar surface area (TPSA) is 80.3 Å². The maximum absolute atomic E-state index is 12.4. The van der Waals surface area contributed by atoms with Crippen LogP contribution in [0.15, 0.2) is 30.3 Å². The SMILES string of the molecule is COC(=O)Cc1sc(NC(=O)C(C)C2CNC2)nc1-c1ccccc1. The normalized spacial score (nSPS) is 15.3. The minimum atomic E-state index is -0.326. The number of methoxy groups -OCH3 is 1. The Labute approximate surface area is 150 Å². The largest absolute Gasteiger partial charge is 0.469 e. The summed E-state index contributed by atoms with van der Waals surface area (Å²) < 4.78 is 4.77. The molecule has 1 amide bonds. The Balaban J connectivity index is 1.82. The van der Waals surface area contributed by atoms with Crippen LogP contribution >= 0.6 is 11.3 Å². The van der Waals surface area contributed by atoms with Gasteiger partial charge >= 0.3 is 5.97 Å². The summed E-state index contributed by atoms with van der Waals surface area (Å²) in [5.41, 5.74) is 1.62. The Hall–Kier alpha value is -2.25. The number of ether oxygens (including phenoxy) is 1. The summed E-state index contributed by atoms with van der Waals surface area (Å²) in [7, 11) is 1.36. The smallest absolute Gasteiger partial charge is 0.310 e. The van der Waals surface area contributed by atoms with Gasteiger partial charge in [-0.25, -0.2) is 4.98 Å². The van der Waals surface area contributed by atoms with Crippen molar-refractivity contribution in [2.45, 2.75) is 13.3 Å². The number of thiazole rings is 1. The zero-order valence-electron chi connectivity index (χ0n) is 14.2. The highest BCUT2D eigenvalue weighted by Crippen LogP contribution is 2.32. The molecule has 2 aromatic rings. The average Bonchev–Trinajstić information content (AvgIpc) is 2.96. The van der Waals surface area contributed by atoms with Crippen LogP contribution < -0.4 is 10.6 Å². The van der Waals surface area contributed by atoms with E-state index in [0.29, 0.717) is 16.7 Å². The third kappa shape index (κ3) is 4.05. The number of nitrogens with zero attached hydrogens (tertiary/aromatic N) is 1. The minimum absolute atomic E-state index is 0.0375. The molecule has 3 rings (SSSR count). The molecule has 2 N–H and O–H groups in total. The molecule has 25 heavy (non-hydrogen) atoms. The maximum atomic E-state index is 12.4. The van der Waals surface area contributed by atoms with Gasteiger partial charge in [0.2, 0.25) is 5.91 Å². The molecule has 0 spiro atoms. The van der Waals surface area contributed by atoms with E-state index >= 15 is 0 Å². The Kier molecular flexibility index (Phi) is 5.45. The van der Waals surface area contributed by atoms with Crippen LogP contribution in [0.4, 0.5) is 5.13 Å². The van der Waals surface area contributed by atoms with Crippen molar-refractivity contribution in [3.8, 4) is 11.3 Å². The van der Waals surface area contributed by atoms with Crippen LogP contribution in [-0.2, 0) is 20.7 Å². The van der Waals surface area contributed by atoms with E-state index in [2.05, 4.69) is 15.6 Å². The molecular weight excluding hydrogens is 338 g/mol. The van der Waals surface area contributed by atoms with Crippen molar-refractivity contribution in [1.29, 1.82) is 0 Å². The summed E-state index contributed by atoms with van der Waals surface area (Å²) in [5.74, 6) is -0.0745. The second-order valence-electron chi connectivity index (χ2n) is 6.11. The Morgan fingerprint density at radius 2 is 2.08 bits per heavy atom. The van der Waals surface area contributed by atoms with E-state index in [1.807, 2.05) is 37.3 Å². The first-order valence-corrected chi connectivity index (χ1v) is 9.03. The molecule has 0 radical (unpaired) electrons. The first-order chi connectivity index (χ1) is 12.1. The average molecular weight is 359 g/mol. The molecule has 0 bridgehead atoms. The molecule has 1 fully saturated rings. The predicted molar refractivity (Wildman–Crippen MR) is 97.4 cm³/mol. The third-order valence-electron chi connectivity index (χ3n) is 4.44. The fourth-order valence-electron chi connectivity index (χ4n) is 2.65. The lowest BCUT2D eigenvalue weighted by Gasteiger charge is -2.31. The van der Waals surface area contributed by atoms with Crippen molar-refractivity contribution in [1.82, 2.24) is 10.3 Å². The van der Waals surface area contributed by atoms with Crippen molar-refractivity contribution in [3.05, 3.63) is 35.2 Å². The van der Waals surface area contributed by atoms with Crippen molar-refractivity contribution < 1.29 is 14.3 Å². The van der Waals surface area contributed by atoms with Crippen LogP contribution in [-0.4, -0.2) is 37.1 Å². The standard InChI is InChI=1S/C18H21N3O3S/c1-11(13-9-19-10-13)17(23)21-18-20-16(12-6-4-3-5-7-12)14(25-18)8-15(22)24-2/h3-7,11,13,19H,8-10H2,1-2H3,(H,20,21,23). The van der Waals surface area contributed by atoms with Gasteiger partial charge in [0.25, 0.3) is 0 Å². The zero-order valence-corrected chi connectivity index (χ0v) is 15.1. The second kappa shape index (κ2) is 7.76. The lowest BCUT2D eigenvalue weighted by molar-refractivity contribution is -0.139. The Morgan fingerprint density at radius 1 is 1.36 bits per heavy atom. The molecule has 2 heterocycles. The predicted octanol–water partition coefficient (Wildman–Crippen LogP) is 2.32. The van der Waals surface area contributed by atoms with E-state index in [0.717, 1.165) is 23.5 Å². The number of carbonyl (C=O) groups excluding carboxylic acids is 2. The third-order valence-corrected chi connectivity index (χ3v) is 5.41. The highest BCUT2D eigenvalue weighted by Gasteiger charge is 2.29. The van der Waals surface area contributed by atoms with Gasteiger partial charge in [-0.05, 0) is 19.0 Å². The van der Waals surface area contributed by atoms with Crippen LogP contribution in [0.2, 0.25) is 0 Å². The molecule has 1 unspecified atom stereocenters. The van der Waals surface area contributed by atoms with Crippen molar-refractivity contribution in [2.24, 2.45) is 11.8 Å². The van der Waals surface area contributed by atoms with E-state index < -0.39 is 0 Å². The summed E-state index contributed by atoms with van der Waals surface area (Å²) >= 11 is 1.32. The molecule has 0 aliphatic carbocycles. The number of amides is 1. The summed E-state index contributed by atoms with van der Waals surface area (Å²) in [6.45, 7) is 3.67. The van der Waals surface area contributed by atoms with E-state index in [1.54, 1.807) is 0 Å². The number of aromatic nitrogens is 1. The van der Waals surface area contributed by atoms with E-state index in [4.69, 9.17) is 4.74 Å². The number of hydrogen-bond acceptors (Lipinski definition) is 6. The minimum Gasteiger partial charge on any atom is -0.469 e. The van der Waals surface area contributed by atoms with Gasteiger partial charge in [-0.1, -0.05) is 37.3 Å². The number of benzene rings is 1. The number of rotatable bonds is 6. The lowest BCUT2D eigenvalue weighted by Crippen LogP contribution is -2.48. The molecule has 1 aliphatic heterocycles. The molecule has 1 saturated heterocycles. The summed E-state index contributed by atoms with van der Waals surface area (Å²) in [4.78, 5) is 29.5. The van der Waals surface area contributed by atoms with Gasteiger partial charge in [-0.3, -0.25) is 9.59 Å². The molecule has 1 aromatic heterocycles. The van der Waals surface area contributed by atoms with Gasteiger partial charge in [0.05, 0.1) is 19.2 Å². The summed E-state index contributed by atoms with van der Waals surface area (Å²) in [6, 6.07) is 9.63. The van der Waals surface area contributed by atoms with Crippen molar-refractivity contribution in [2.75, 3.05) is 25.5 Å². The molecule has 1 aliphatic rings. The number of esters is 1. The lowest BCUT2D eigenvalue weighted by atomic mass is 9.88. The van der Waals surface area contributed by atoms with Gasteiger partial charge in [0, 0.05) is 16.4 Å². The Bertz CT molecular complexity index is 756. The van der Waals surface area contributed by atoms with Gasteiger partial charge in [-0.2, -0.15) is 0 Å². The number of anilines is 1. The van der Waals surface area contributed by atoms with Gasteiger partial charge in [-0.15, -0.1) is 11.3 Å². The maximum Gasteiger partial charge on any atom is 0.310 e. The highest BCUT2D eigenvalue weighted by molar-refractivity contribution is 7.16. The van der Waals surface area contributed by atoms with Crippen LogP contribution in [0.5, 0.6) is 0 Å². The molecule has 7 heteroatoms. The summed E-state index contributed by atoms with van der Waals surface area (Å²) in [6.07, 6.45) is 0.135. The summed E-state index contributed by atoms with van der Waals surface area (Å²) in [5, 5.41) is 6.60. The van der Waals surface area contributed by atoms with Crippen LogP contribution in [0, 0.1) is 11.8 Å². The first kappa shape index (κ1) is 17.6. The van der Waals surface area contributed by atoms with Crippen LogP contribution in [0.3, 0.4) is 0 Å². The number of carbonyl (C=O) groups is 2. The quantitative estimate of drug-likeness (QED) is 0.774. The van der Waals surface area contributed by atoms with Crippen molar-refractivity contribution >= 4 is 28.3 Å². The molecule has 0 saturated carbocycles. The monoisotopic (exact) mass is 359 g/mol.